The lowest BCUT2D eigenvalue weighted by atomic mass is 10.0. The summed E-state index contributed by atoms with van der Waals surface area (Å²) in [6, 6.07) is 11.0. The summed E-state index contributed by atoms with van der Waals surface area (Å²) in [6.07, 6.45) is 1.58. The van der Waals surface area contributed by atoms with Crippen molar-refractivity contribution in [1.82, 2.24) is 19.9 Å². The number of hydrogen-bond acceptors (Lipinski definition) is 6. The van der Waals surface area contributed by atoms with E-state index < -0.39 is 17.5 Å². The van der Waals surface area contributed by atoms with E-state index in [0.717, 1.165) is 11.5 Å². The SMILES string of the molecule is CC(C)(C)NC(=O)C(c1ccccn1)N(C(=O)c1csnn1)c1ccccc1Cl. The fourth-order valence-electron chi connectivity index (χ4n) is 2.75. The lowest BCUT2D eigenvalue weighted by molar-refractivity contribution is -0.124. The van der Waals surface area contributed by atoms with Crippen LogP contribution < -0.4 is 10.2 Å². The van der Waals surface area contributed by atoms with Crippen LogP contribution in [-0.4, -0.2) is 31.9 Å². The highest BCUT2D eigenvalue weighted by molar-refractivity contribution is 7.03. The van der Waals surface area contributed by atoms with Gasteiger partial charge < -0.3 is 5.32 Å². The molecule has 0 bridgehead atoms. The van der Waals surface area contributed by atoms with E-state index in [-0.39, 0.29) is 11.6 Å². The van der Waals surface area contributed by atoms with Gasteiger partial charge >= 0.3 is 0 Å². The fraction of sp³-hybridized carbons (Fsp3) is 0.250. The molecule has 1 atom stereocenters. The van der Waals surface area contributed by atoms with Crippen LogP contribution in [0.1, 0.15) is 43.0 Å². The molecule has 1 N–H and O–H groups in total. The highest BCUT2D eigenvalue weighted by atomic mass is 35.5. The minimum Gasteiger partial charge on any atom is -0.349 e. The summed E-state index contributed by atoms with van der Waals surface area (Å²) in [5.41, 5.74) is 0.401. The summed E-state index contributed by atoms with van der Waals surface area (Å²) in [5.74, 6) is -0.876. The van der Waals surface area contributed by atoms with Gasteiger partial charge in [0, 0.05) is 17.1 Å². The molecule has 0 fully saturated rings. The normalized spacial score (nSPS) is 12.3. The van der Waals surface area contributed by atoms with Crippen molar-refractivity contribution in [2.24, 2.45) is 0 Å². The number of rotatable bonds is 5. The molecule has 3 rings (SSSR count). The van der Waals surface area contributed by atoms with E-state index in [9.17, 15) is 9.59 Å². The van der Waals surface area contributed by atoms with Crippen molar-refractivity contribution < 1.29 is 9.59 Å². The summed E-state index contributed by atoms with van der Waals surface area (Å²) in [7, 11) is 0. The number of anilines is 1. The standard InChI is InChI=1S/C20H20ClN5O2S/c1-20(2,3)23-18(27)17(14-9-6-7-11-22-14)26(16-10-5-4-8-13(16)21)19(28)15-12-29-25-24-15/h4-12,17H,1-3H3,(H,23,27). The van der Waals surface area contributed by atoms with Gasteiger partial charge in [0.05, 0.1) is 16.4 Å². The van der Waals surface area contributed by atoms with Gasteiger partial charge in [-0.25, -0.2) is 0 Å². The van der Waals surface area contributed by atoms with Crippen molar-refractivity contribution in [2.75, 3.05) is 4.90 Å². The molecule has 1 unspecified atom stereocenters. The number of pyridine rings is 1. The second-order valence-electron chi connectivity index (χ2n) is 7.31. The number of carbonyl (C=O) groups is 2. The van der Waals surface area contributed by atoms with Gasteiger partial charge in [-0.3, -0.25) is 19.5 Å². The van der Waals surface area contributed by atoms with Crippen molar-refractivity contribution in [1.29, 1.82) is 0 Å². The van der Waals surface area contributed by atoms with Crippen molar-refractivity contribution >= 4 is 40.6 Å². The molecule has 1 aromatic carbocycles. The summed E-state index contributed by atoms with van der Waals surface area (Å²) >= 11 is 7.47. The van der Waals surface area contributed by atoms with E-state index in [1.54, 1.807) is 48.7 Å². The number of hydrogen-bond donors (Lipinski definition) is 1. The number of amides is 2. The van der Waals surface area contributed by atoms with E-state index >= 15 is 0 Å². The van der Waals surface area contributed by atoms with E-state index in [2.05, 4.69) is 19.9 Å². The van der Waals surface area contributed by atoms with Crippen LogP contribution in [0.3, 0.4) is 0 Å². The minimum atomic E-state index is -1.05. The van der Waals surface area contributed by atoms with E-state index in [0.29, 0.717) is 16.4 Å². The lowest BCUT2D eigenvalue weighted by Crippen LogP contribution is -2.50. The van der Waals surface area contributed by atoms with Gasteiger partial charge in [-0.2, -0.15) is 0 Å². The quantitative estimate of drug-likeness (QED) is 0.664. The number of halogens is 1. The number of nitrogens with one attached hydrogen (secondary N) is 1. The van der Waals surface area contributed by atoms with Gasteiger partial charge in [-0.15, -0.1) is 5.10 Å². The minimum absolute atomic E-state index is 0.124. The van der Waals surface area contributed by atoms with Crippen LogP contribution in [0.4, 0.5) is 5.69 Å². The van der Waals surface area contributed by atoms with Crippen LogP contribution in [0.25, 0.3) is 0 Å². The summed E-state index contributed by atoms with van der Waals surface area (Å²) in [6.45, 7) is 5.60. The molecular formula is C20H20ClN5O2S. The molecule has 0 spiro atoms. The Hall–Kier alpha value is -2.84. The summed E-state index contributed by atoms with van der Waals surface area (Å²) < 4.78 is 3.77. The number of nitrogens with zero attached hydrogens (tertiary/aromatic N) is 4. The molecule has 150 valence electrons. The van der Waals surface area contributed by atoms with Crippen LogP contribution in [-0.2, 0) is 4.79 Å². The Kier molecular flexibility index (Phi) is 6.24. The summed E-state index contributed by atoms with van der Waals surface area (Å²) in [4.78, 5) is 32.4. The molecule has 3 aromatic rings. The third-order valence-corrected chi connectivity index (χ3v) is 4.71. The molecule has 0 radical (unpaired) electrons. The molecule has 0 aliphatic carbocycles. The maximum absolute atomic E-state index is 13.4. The Morgan fingerprint density at radius 3 is 2.45 bits per heavy atom. The van der Waals surface area contributed by atoms with Gasteiger partial charge in [0.15, 0.2) is 11.7 Å². The average molecular weight is 430 g/mol. The Balaban J connectivity index is 2.18. The molecule has 9 heteroatoms. The topological polar surface area (TPSA) is 88.1 Å². The molecule has 0 aliphatic heterocycles. The Bertz CT molecular complexity index is 990. The Morgan fingerprint density at radius 2 is 1.86 bits per heavy atom. The molecule has 2 amide bonds. The zero-order chi connectivity index (χ0) is 21.0. The van der Waals surface area contributed by atoms with Crippen molar-refractivity contribution in [3.63, 3.8) is 0 Å². The molecule has 0 saturated carbocycles. The number of aromatic nitrogens is 3. The van der Waals surface area contributed by atoms with Gasteiger partial charge in [-0.05, 0) is 56.6 Å². The summed E-state index contributed by atoms with van der Waals surface area (Å²) in [5, 5.41) is 8.68. The van der Waals surface area contributed by atoms with E-state index in [4.69, 9.17) is 11.6 Å². The molecule has 0 aliphatic rings. The third-order valence-electron chi connectivity index (χ3n) is 3.88. The lowest BCUT2D eigenvalue weighted by Gasteiger charge is -2.33. The van der Waals surface area contributed by atoms with Gasteiger partial charge in [0.1, 0.15) is 0 Å². The van der Waals surface area contributed by atoms with Gasteiger partial charge in [-0.1, -0.05) is 34.3 Å². The second kappa shape index (κ2) is 8.67. The zero-order valence-electron chi connectivity index (χ0n) is 16.2. The largest absolute Gasteiger partial charge is 0.349 e. The average Bonchev–Trinajstić information content (AvgIpc) is 3.20. The Morgan fingerprint density at radius 1 is 1.14 bits per heavy atom. The molecule has 29 heavy (non-hydrogen) atoms. The zero-order valence-corrected chi connectivity index (χ0v) is 17.7. The Labute approximate surface area is 177 Å². The first-order chi connectivity index (χ1) is 13.8. The number of carbonyl (C=O) groups excluding carboxylic acids is 2. The molecule has 2 aromatic heterocycles. The smallest absolute Gasteiger partial charge is 0.280 e. The van der Waals surface area contributed by atoms with Crippen molar-refractivity contribution in [2.45, 2.75) is 32.4 Å². The van der Waals surface area contributed by atoms with E-state index in [1.807, 2.05) is 20.8 Å². The molecule has 0 saturated heterocycles. The third kappa shape index (κ3) is 4.96. The molecular weight excluding hydrogens is 410 g/mol. The van der Waals surface area contributed by atoms with Crippen molar-refractivity contribution in [3.05, 3.63) is 70.5 Å². The maximum atomic E-state index is 13.4. The maximum Gasteiger partial charge on any atom is 0.280 e. The second-order valence-corrected chi connectivity index (χ2v) is 8.33. The number of para-hydroxylation sites is 1. The first-order valence-electron chi connectivity index (χ1n) is 8.86. The number of benzene rings is 1. The first-order valence-corrected chi connectivity index (χ1v) is 10.1. The van der Waals surface area contributed by atoms with Crippen LogP contribution in [0, 0.1) is 0 Å². The van der Waals surface area contributed by atoms with Crippen LogP contribution >= 0.6 is 23.1 Å². The van der Waals surface area contributed by atoms with Crippen LogP contribution in [0.2, 0.25) is 5.02 Å². The fourth-order valence-corrected chi connectivity index (χ4v) is 3.41. The van der Waals surface area contributed by atoms with Crippen LogP contribution in [0.5, 0.6) is 0 Å². The van der Waals surface area contributed by atoms with E-state index in [1.165, 1.54) is 10.3 Å². The highest BCUT2D eigenvalue weighted by Crippen LogP contribution is 2.34. The van der Waals surface area contributed by atoms with Gasteiger partial charge in [0.2, 0.25) is 5.91 Å². The first kappa shape index (κ1) is 20.9. The van der Waals surface area contributed by atoms with Gasteiger partial charge in [0.25, 0.3) is 5.91 Å². The van der Waals surface area contributed by atoms with Crippen LogP contribution in [0.15, 0.2) is 54.0 Å². The highest BCUT2D eigenvalue weighted by Gasteiger charge is 2.37. The van der Waals surface area contributed by atoms with Crippen molar-refractivity contribution in [3.8, 4) is 0 Å². The molecule has 2 heterocycles. The predicted molar refractivity (Wildman–Crippen MR) is 113 cm³/mol. The molecule has 7 nitrogen and oxygen atoms in total. The predicted octanol–water partition coefficient (Wildman–Crippen LogP) is 3.89. The monoisotopic (exact) mass is 429 g/mol.